The third kappa shape index (κ3) is 3.35. The van der Waals surface area contributed by atoms with Crippen molar-refractivity contribution in [3.05, 3.63) is 29.3 Å². The Morgan fingerprint density at radius 2 is 1.79 bits per heavy atom. The number of rotatable bonds is 6. The minimum atomic E-state index is -3.45. The van der Waals surface area contributed by atoms with Crippen LogP contribution in [0.1, 0.15) is 31.9 Å². The molecule has 0 amide bonds. The van der Waals surface area contributed by atoms with E-state index in [-0.39, 0.29) is 6.04 Å². The SMILES string of the molecule is CCc1ccc(S(=O)(=O)N(C)C(C)CN)cc1CC. The molecular formula is C14H24N2O2S. The smallest absolute Gasteiger partial charge is 0.243 e. The van der Waals surface area contributed by atoms with Crippen LogP contribution < -0.4 is 5.73 Å². The molecule has 0 radical (unpaired) electrons. The number of nitrogens with zero attached hydrogens (tertiary/aromatic N) is 1. The number of hydrogen-bond acceptors (Lipinski definition) is 3. The number of nitrogens with two attached hydrogens (primary N) is 1. The van der Waals surface area contributed by atoms with E-state index in [4.69, 9.17) is 5.73 Å². The van der Waals surface area contributed by atoms with E-state index in [1.165, 1.54) is 9.87 Å². The van der Waals surface area contributed by atoms with Crippen LogP contribution in [-0.4, -0.2) is 32.4 Å². The van der Waals surface area contributed by atoms with Crippen molar-refractivity contribution in [2.75, 3.05) is 13.6 Å². The van der Waals surface area contributed by atoms with Crippen molar-refractivity contribution in [2.45, 2.75) is 44.6 Å². The van der Waals surface area contributed by atoms with Crippen LogP contribution >= 0.6 is 0 Å². The largest absolute Gasteiger partial charge is 0.329 e. The van der Waals surface area contributed by atoms with Gasteiger partial charge in [-0.05, 0) is 43.0 Å². The van der Waals surface area contributed by atoms with Gasteiger partial charge in [-0.25, -0.2) is 8.42 Å². The summed E-state index contributed by atoms with van der Waals surface area (Å²) in [6.07, 6.45) is 1.75. The summed E-state index contributed by atoms with van der Waals surface area (Å²) in [6, 6.07) is 5.18. The molecule has 2 N–H and O–H groups in total. The normalized spacial score (nSPS) is 13.8. The number of hydrogen-bond donors (Lipinski definition) is 1. The maximum Gasteiger partial charge on any atom is 0.243 e. The number of benzene rings is 1. The summed E-state index contributed by atoms with van der Waals surface area (Å²) in [5.41, 5.74) is 7.84. The molecule has 4 nitrogen and oxygen atoms in total. The first kappa shape index (κ1) is 16.1. The van der Waals surface area contributed by atoms with Gasteiger partial charge in [-0.3, -0.25) is 0 Å². The van der Waals surface area contributed by atoms with E-state index in [0.717, 1.165) is 18.4 Å². The zero-order valence-corrected chi connectivity index (χ0v) is 13.0. The van der Waals surface area contributed by atoms with E-state index in [0.29, 0.717) is 11.4 Å². The molecule has 1 aromatic carbocycles. The Kier molecular flexibility index (Phi) is 5.52. The van der Waals surface area contributed by atoms with Crippen molar-refractivity contribution in [1.82, 2.24) is 4.31 Å². The zero-order chi connectivity index (χ0) is 14.6. The van der Waals surface area contributed by atoms with E-state index < -0.39 is 10.0 Å². The van der Waals surface area contributed by atoms with Crippen LogP contribution in [0.4, 0.5) is 0 Å². The van der Waals surface area contributed by atoms with Gasteiger partial charge in [-0.1, -0.05) is 19.9 Å². The van der Waals surface area contributed by atoms with E-state index in [1.54, 1.807) is 26.1 Å². The predicted molar refractivity (Wildman–Crippen MR) is 78.7 cm³/mol. The van der Waals surface area contributed by atoms with Gasteiger partial charge in [0.15, 0.2) is 0 Å². The van der Waals surface area contributed by atoms with Crippen molar-refractivity contribution in [3.63, 3.8) is 0 Å². The molecule has 0 aromatic heterocycles. The summed E-state index contributed by atoms with van der Waals surface area (Å²) in [5.74, 6) is 0. The fourth-order valence-electron chi connectivity index (χ4n) is 1.99. The quantitative estimate of drug-likeness (QED) is 0.866. The minimum Gasteiger partial charge on any atom is -0.329 e. The molecule has 0 spiro atoms. The molecular weight excluding hydrogens is 260 g/mol. The molecule has 0 bridgehead atoms. The maximum absolute atomic E-state index is 12.5. The highest BCUT2D eigenvalue weighted by molar-refractivity contribution is 7.89. The van der Waals surface area contributed by atoms with Crippen molar-refractivity contribution in [2.24, 2.45) is 5.73 Å². The van der Waals surface area contributed by atoms with Crippen LogP contribution in [0, 0.1) is 0 Å². The highest BCUT2D eigenvalue weighted by Gasteiger charge is 2.25. The highest BCUT2D eigenvalue weighted by Crippen LogP contribution is 2.21. The molecule has 19 heavy (non-hydrogen) atoms. The molecule has 1 aromatic rings. The number of sulfonamides is 1. The Hall–Kier alpha value is -0.910. The average Bonchev–Trinajstić information content (AvgIpc) is 2.44. The Morgan fingerprint density at radius 3 is 2.26 bits per heavy atom. The molecule has 0 aliphatic rings. The van der Waals surface area contributed by atoms with E-state index >= 15 is 0 Å². The molecule has 0 saturated heterocycles. The van der Waals surface area contributed by atoms with Crippen LogP contribution in [0.3, 0.4) is 0 Å². The van der Waals surface area contributed by atoms with Gasteiger partial charge in [-0.15, -0.1) is 0 Å². The van der Waals surface area contributed by atoms with Gasteiger partial charge in [0.1, 0.15) is 0 Å². The molecule has 0 fully saturated rings. The van der Waals surface area contributed by atoms with Crippen molar-refractivity contribution in [3.8, 4) is 0 Å². The van der Waals surface area contributed by atoms with Crippen LogP contribution in [0.2, 0.25) is 0 Å². The van der Waals surface area contributed by atoms with Gasteiger partial charge in [0.25, 0.3) is 0 Å². The second kappa shape index (κ2) is 6.50. The van der Waals surface area contributed by atoms with E-state index in [1.807, 2.05) is 13.0 Å². The van der Waals surface area contributed by atoms with Gasteiger partial charge in [0, 0.05) is 19.6 Å². The fourth-order valence-corrected chi connectivity index (χ4v) is 3.41. The standard InChI is InChI=1S/C14H24N2O2S/c1-5-12-7-8-14(9-13(12)6-2)19(17,18)16(4)11(3)10-15/h7-9,11H,5-6,10,15H2,1-4H3. The molecule has 5 heteroatoms. The topological polar surface area (TPSA) is 63.4 Å². The molecule has 0 heterocycles. The van der Waals surface area contributed by atoms with Crippen molar-refractivity contribution < 1.29 is 8.42 Å². The molecule has 108 valence electrons. The Bertz CT molecular complexity index is 526. The van der Waals surface area contributed by atoms with Crippen LogP contribution in [0.15, 0.2) is 23.1 Å². The molecule has 1 rings (SSSR count). The molecule has 0 aliphatic heterocycles. The summed E-state index contributed by atoms with van der Waals surface area (Å²) < 4.78 is 26.3. The van der Waals surface area contributed by atoms with E-state index in [9.17, 15) is 8.42 Å². The maximum atomic E-state index is 12.5. The first-order chi connectivity index (χ1) is 8.88. The second-order valence-corrected chi connectivity index (χ2v) is 6.74. The van der Waals surface area contributed by atoms with Crippen LogP contribution in [0.25, 0.3) is 0 Å². The van der Waals surface area contributed by atoms with Gasteiger partial charge in [0.05, 0.1) is 4.90 Å². The molecule has 1 unspecified atom stereocenters. The predicted octanol–water partition coefficient (Wildman–Crippen LogP) is 1.78. The summed E-state index contributed by atoms with van der Waals surface area (Å²) in [5, 5.41) is 0. The lowest BCUT2D eigenvalue weighted by Crippen LogP contribution is -2.39. The molecule has 0 aliphatic carbocycles. The number of aryl methyl sites for hydroxylation is 2. The van der Waals surface area contributed by atoms with Crippen LogP contribution in [-0.2, 0) is 22.9 Å². The fraction of sp³-hybridized carbons (Fsp3) is 0.571. The Labute approximate surface area is 116 Å². The third-order valence-electron chi connectivity index (χ3n) is 3.58. The summed E-state index contributed by atoms with van der Waals surface area (Å²) in [7, 11) is -1.88. The van der Waals surface area contributed by atoms with Gasteiger partial charge < -0.3 is 5.73 Å². The summed E-state index contributed by atoms with van der Waals surface area (Å²) in [4.78, 5) is 0.351. The summed E-state index contributed by atoms with van der Waals surface area (Å²) in [6.45, 7) is 6.23. The Balaban J connectivity index is 3.22. The second-order valence-electron chi connectivity index (χ2n) is 4.74. The lowest BCUT2D eigenvalue weighted by molar-refractivity contribution is 0.394. The third-order valence-corrected chi connectivity index (χ3v) is 5.55. The average molecular weight is 284 g/mol. The first-order valence-electron chi connectivity index (χ1n) is 6.68. The lowest BCUT2D eigenvalue weighted by atomic mass is 10.0. The van der Waals surface area contributed by atoms with E-state index in [2.05, 4.69) is 6.92 Å². The molecule has 1 atom stereocenters. The first-order valence-corrected chi connectivity index (χ1v) is 8.12. The number of likely N-dealkylation sites (N-methyl/N-ethyl adjacent to an activating group) is 1. The molecule has 0 saturated carbocycles. The zero-order valence-electron chi connectivity index (χ0n) is 12.2. The monoisotopic (exact) mass is 284 g/mol. The highest BCUT2D eigenvalue weighted by atomic mass is 32.2. The minimum absolute atomic E-state index is 0.207. The van der Waals surface area contributed by atoms with Gasteiger partial charge >= 0.3 is 0 Å². The van der Waals surface area contributed by atoms with Crippen molar-refractivity contribution in [1.29, 1.82) is 0 Å². The van der Waals surface area contributed by atoms with Gasteiger partial charge in [0.2, 0.25) is 10.0 Å². The van der Waals surface area contributed by atoms with Crippen molar-refractivity contribution >= 4 is 10.0 Å². The summed E-state index contributed by atoms with van der Waals surface area (Å²) >= 11 is 0. The lowest BCUT2D eigenvalue weighted by Gasteiger charge is -2.23. The Morgan fingerprint density at radius 1 is 1.21 bits per heavy atom. The van der Waals surface area contributed by atoms with Crippen LogP contribution in [0.5, 0.6) is 0 Å². The van der Waals surface area contributed by atoms with Gasteiger partial charge in [-0.2, -0.15) is 4.31 Å².